The van der Waals surface area contributed by atoms with Crippen molar-refractivity contribution >= 4 is 5.91 Å². The highest BCUT2D eigenvalue weighted by molar-refractivity contribution is 5.99. The summed E-state index contributed by atoms with van der Waals surface area (Å²) in [5.41, 5.74) is -4.07. The van der Waals surface area contributed by atoms with Gasteiger partial charge in [-0.3, -0.25) is 4.79 Å². The second-order valence-corrected chi connectivity index (χ2v) is 8.85. The van der Waals surface area contributed by atoms with Crippen LogP contribution in [-0.4, -0.2) is 37.0 Å². The van der Waals surface area contributed by atoms with Gasteiger partial charge in [0.05, 0.1) is 29.3 Å². The lowest BCUT2D eigenvalue weighted by molar-refractivity contribution is -0.143. The number of ether oxygens (including phenoxy) is 1. The summed E-state index contributed by atoms with van der Waals surface area (Å²) >= 11 is 0. The topological polar surface area (TPSA) is 41.6 Å². The molecular formula is C25H28F6N2O2. The predicted octanol–water partition coefficient (Wildman–Crippen LogP) is 6.47. The summed E-state index contributed by atoms with van der Waals surface area (Å²) in [6, 6.07) is 8.56. The molecule has 0 bridgehead atoms. The Kier molecular flexibility index (Phi) is 7.74. The number of hydrogen-bond donors (Lipinski definition) is 1. The highest BCUT2D eigenvalue weighted by Gasteiger charge is 2.47. The van der Waals surface area contributed by atoms with Crippen LogP contribution in [0.1, 0.15) is 65.7 Å². The van der Waals surface area contributed by atoms with E-state index in [0.717, 1.165) is 12.8 Å². The van der Waals surface area contributed by atoms with Gasteiger partial charge in [0.1, 0.15) is 5.75 Å². The molecule has 3 rings (SSSR count). The molecule has 1 fully saturated rings. The minimum atomic E-state index is -5.21. The fourth-order valence-corrected chi connectivity index (χ4v) is 4.86. The molecule has 4 nitrogen and oxygen atoms in total. The number of rotatable bonds is 7. The Labute approximate surface area is 200 Å². The number of benzene rings is 2. The van der Waals surface area contributed by atoms with E-state index in [1.807, 2.05) is 19.0 Å². The molecule has 2 aromatic carbocycles. The smallest absolute Gasteiger partial charge is 0.417 e. The van der Waals surface area contributed by atoms with Crippen LogP contribution < -0.4 is 10.1 Å². The van der Waals surface area contributed by atoms with Crippen LogP contribution in [-0.2, 0) is 12.4 Å². The van der Waals surface area contributed by atoms with Crippen molar-refractivity contribution in [1.29, 1.82) is 0 Å². The van der Waals surface area contributed by atoms with E-state index in [1.165, 1.54) is 6.92 Å². The first kappa shape index (κ1) is 26.8. The van der Waals surface area contributed by atoms with Crippen molar-refractivity contribution in [3.63, 3.8) is 0 Å². The number of nitrogens with one attached hydrogen (secondary N) is 1. The normalized spacial score (nSPS) is 16.9. The Bertz CT molecular complexity index is 1030. The zero-order valence-corrected chi connectivity index (χ0v) is 19.7. The fourth-order valence-electron chi connectivity index (χ4n) is 4.86. The largest absolute Gasteiger partial charge is 0.493 e. The van der Waals surface area contributed by atoms with E-state index in [2.05, 4.69) is 5.32 Å². The lowest BCUT2D eigenvalue weighted by Crippen LogP contribution is -2.53. The van der Waals surface area contributed by atoms with Gasteiger partial charge in [-0.15, -0.1) is 0 Å². The predicted molar refractivity (Wildman–Crippen MR) is 119 cm³/mol. The standard InChI is InChI=1S/C25H28F6N2O2/c1-4-35-19-15-17(24(26,27)28)14-18(25(29,30)31)20(19)22(34)32-21(16-10-6-5-7-11-16)23(33(2)3)12-8-9-13-23/h5-7,10-11,14-15,21H,4,8-9,12-13H2,1-3H3,(H,32,34). The molecule has 1 unspecified atom stereocenters. The van der Waals surface area contributed by atoms with Crippen molar-refractivity contribution in [3.05, 3.63) is 64.7 Å². The lowest BCUT2D eigenvalue weighted by atomic mass is 9.82. The van der Waals surface area contributed by atoms with E-state index in [4.69, 9.17) is 4.74 Å². The van der Waals surface area contributed by atoms with Crippen LogP contribution in [0.25, 0.3) is 0 Å². The van der Waals surface area contributed by atoms with Crippen LogP contribution in [0.4, 0.5) is 26.3 Å². The Morgan fingerprint density at radius 2 is 1.63 bits per heavy atom. The Hall–Kier alpha value is -2.75. The lowest BCUT2D eigenvalue weighted by Gasteiger charge is -2.44. The molecule has 1 N–H and O–H groups in total. The molecule has 1 atom stereocenters. The summed E-state index contributed by atoms with van der Waals surface area (Å²) in [5.74, 6) is -1.90. The molecule has 1 aliphatic carbocycles. The van der Waals surface area contributed by atoms with Gasteiger partial charge in [-0.05, 0) is 51.6 Å². The molecule has 1 saturated carbocycles. The maximum absolute atomic E-state index is 14.0. The highest BCUT2D eigenvalue weighted by Crippen LogP contribution is 2.45. The molecule has 1 amide bonds. The number of carbonyl (C=O) groups is 1. The molecule has 35 heavy (non-hydrogen) atoms. The second kappa shape index (κ2) is 10.1. The SMILES string of the molecule is CCOc1cc(C(F)(F)F)cc(C(F)(F)F)c1C(=O)NC(c1ccccc1)C1(N(C)C)CCCC1. The molecule has 192 valence electrons. The van der Waals surface area contributed by atoms with Crippen molar-refractivity contribution in [1.82, 2.24) is 10.2 Å². The van der Waals surface area contributed by atoms with E-state index in [1.54, 1.807) is 30.3 Å². The third kappa shape index (κ3) is 5.58. The van der Waals surface area contributed by atoms with E-state index in [0.29, 0.717) is 24.5 Å². The van der Waals surface area contributed by atoms with Gasteiger partial charge >= 0.3 is 12.4 Å². The average Bonchev–Trinajstić information content (AvgIpc) is 3.27. The van der Waals surface area contributed by atoms with Crippen LogP contribution in [0.5, 0.6) is 5.75 Å². The first-order valence-corrected chi connectivity index (χ1v) is 11.3. The van der Waals surface area contributed by atoms with Crippen molar-refractivity contribution in [3.8, 4) is 5.75 Å². The number of halogens is 6. The third-order valence-corrected chi connectivity index (χ3v) is 6.57. The number of amides is 1. The minimum Gasteiger partial charge on any atom is -0.493 e. The summed E-state index contributed by atoms with van der Waals surface area (Å²) in [6.45, 7) is 1.20. The van der Waals surface area contributed by atoms with Gasteiger partial charge in [0, 0.05) is 5.54 Å². The average molecular weight is 502 g/mol. The summed E-state index contributed by atoms with van der Waals surface area (Å²) in [4.78, 5) is 15.4. The molecular weight excluding hydrogens is 474 g/mol. The number of likely N-dealkylation sites (N-methyl/N-ethyl adjacent to an activating group) is 1. The van der Waals surface area contributed by atoms with Crippen LogP contribution in [0.3, 0.4) is 0 Å². The highest BCUT2D eigenvalue weighted by atomic mass is 19.4. The van der Waals surface area contributed by atoms with Gasteiger partial charge in [0.2, 0.25) is 0 Å². The molecule has 0 aliphatic heterocycles. The van der Waals surface area contributed by atoms with Crippen molar-refractivity contribution in [2.75, 3.05) is 20.7 Å². The molecule has 0 spiro atoms. The maximum Gasteiger partial charge on any atom is 0.417 e. The van der Waals surface area contributed by atoms with Crippen LogP contribution in [0, 0.1) is 0 Å². The zero-order valence-electron chi connectivity index (χ0n) is 19.7. The molecule has 0 radical (unpaired) electrons. The van der Waals surface area contributed by atoms with E-state index in [-0.39, 0.29) is 12.7 Å². The van der Waals surface area contributed by atoms with E-state index >= 15 is 0 Å². The minimum absolute atomic E-state index is 0.0355. The van der Waals surface area contributed by atoms with Crippen molar-refractivity contribution in [2.24, 2.45) is 0 Å². The van der Waals surface area contributed by atoms with Crippen LogP contribution >= 0.6 is 0 Å². The monoisotopic (exact) mass is 502 g/mol. The quantitative estimate of drug-likeness (QED) is 0.442. The van der Waals surface area contributed by atoms with Crippen LogP contribution in [0.2, 0.25) is 0 Å². The van der Waals surface area contributed by atoms with Crippen molar-refractivity contribution in [2.45, 2.75) is 56.5 Å². The van der Waals surface area contributed by atoms with Crippen molar-refractivity contribution < 1.29 is 35.9 Å². The Balaban J connectivity index is 2.17. The maximum atomic E-state index is 14.0. The summed E-state index contributed by atoms with van der Waals surface area (Å²) < 4.78 is 87.1. The van der Waals surface area contributed by atoms with E-state index < -0.39 is 52.3 Å². The number of carbonyl (C=O) groups excluding carboxylic acids is 1. The van der Waals surface area contributed by atoms with Gasteiger partial charge in [0.15, 0.2) is 0 Å². The molecule has 0 aromatic heterocycles. The fraction of sp³-hybridized carbons (Fsp3) is 0.480. The molecule has 0 saturated heterocycles. The molecule has 0 heterocycles. The Morgan fingerprint density at radius 3 is 2.11 bits per heavy atom. The zero-order chi connectivity index (χ0) is 26.0. The first-order chi connectivity index (χ1) is 16.3. The molecule has 2 aromatic rings. The summed E-state index contributed by atoms with van der Waals surface area (Å²) in [7, 11) is 3.69. The Morgan fingerprint density at radius 1 is 1.03 bits per heavy atom. The van der Waals surface area contributed by atoms with Gasteiger partial charge in [-0.25, -0.2) is 0 Å². The summed E-state index contributed by atoms with van der Waals surface area (Å²) in [6.07, 6.45) is -7.14. The molecule has 1 aliphatic rings. The first-order valence-electron chi connectivity index (χ1n) is 11.3. The van der Waals surface area contributed by atoms with Gasteiger partial charge in [0.25, 0.3) is 5.91 Å². The molecule has 10 heteroatoms. The summed E-state index contributed by atoms with van der Waals surface area (Å²) in [5, 5.41) is 2.74. The van der Waals surface area contributed by atoms with Gasteiger partial charge < -0.3 is 15.0 Å². The van der Waals surface area contributed by atoms with Gasteiger partial charge in [-0.1, -0.05) is 43.2 Å². The van der Waals surface area contributed by atoms with Crippen LogP contribution in [0.15, 0.2) is 42.5 Å². The number of alkyl halides is 6. The third-order valence-electron chi connectivity index (χ3n) is 6.57. The second-order valence-electron chi connectivity index (χ2n) is 8.85. The van der Waals surface area contributed by atoms with E-state index in [9.17, 15) is 31.1 Å². The number of nitrogens with zero attached hydrogens (tertiary/aromatic N) is 1. The van der Waals surface area contributed by atoms with Gasteiger partial charge in [-0.2, -0.15) is 26.3 Å². The number of hydrogen-bond acceptors (Lipinski definition) is 3.